The minimum atomic E-state index is -0.410. The van der Waals surface area contributed by atoms with E-state index in [9.17, 15) is 4.79 Å². The first-order chi connectivity index (χ1) is 11.7. The fourth-order valence-electron chi connectivity index (χ4n) is 2.51. The second-order valence-corrected chi connectivity index (χ2v) is 5.60. The van der Waals surface area contributed by atoms with Crippen LogP contribution in [0.15, 0.2) is 53.6 Å². The van der Waals surface area contributed by atoms with E-state index in [-0.39, 0.29) is 5.69 Å². The minimum absolute atomic E-state index is 0.248. The zero-order chi connectivity index (χ0) is 16.7. The number of methoxy groups -OCH3 is 1. The lowest BCUT2D eigenvalue weighted by atomic mass is 10.1. The number of hydrogen-bond acceptors (Lipinski definition) is 5. The molecule has 0 aliphatic rings. The molecule has 0 N–H and O–H groups in total. The number of aromatic nitrogens is 4. The number of fused-ring (bicyclic) bond motifs is 3. The van der Waals surface area contributed by atoms with Gasteiger partial charge in [0, 0.05) is 16.0 Å². The Labute approximate surface area is 141 Å². The summed E-state index contributed by atoms with van der Waals surface area (Å²) in [6, 6.07) is 12.3. The van der Waals surface area contributed by atoms with Gasteiger partial charge in [-0.15, -0.1) is 0 Å². The Kier molecular flexibility index (Phi) is 3.39. The molecule has 0 aliphatic carbocycles. The van der Waals surface area contributed by atoms with Crippen molar-refractivity contribution in [3.63, 3.8) is 0 Å². The topological polar surface area (TPSA) is 69.4 Å². The highest BCUT2D eigenvalue weighted by Gasteiger charge is 2.11. The smallest absolute Gasteiger partial charge is 0.300 e. The third kappa shape index (κ3) is 2.37. The molecule has 0 fully saturated rings. The molecule has 0 aliphatic heterocycles. The van der Waals surface area contributed by atoms with E-state index in [1.165, 1.54) is 10.8 Å². The first-order valence-electron chi connectivity index (χ1n) is 7.15. The summed E-state index contributed by atoms with van der Waals surface area (Å²) in [5.41, 5.74) is 1.62. The van der Waals surface area contributed by atoms with Gasteiger partial charge >= 0.3 is 0 Å². The average Bonchev–Trinajstić information content (AvgIpc) is 2.61. The predicted molar refractivity (Wildman–Crippen MR) is 91.6 cm³/mol. The molecule has 4 rings (SSSR count). The van der Waals surface area contributed by atoms with E-state index in [0.29, 0.717) is 32.9 Å². The third-order valence-electron chi connectivity index (χ3n) is 3.70. The molecule has 0 spiro atoms. The molecule has 0 saturated heterocycles. The summed E-state index contributed by atoms with van der Waals surface area (Å²) < 4.78 is 6.61. The molecule has 6 nitrogen and oxygen atoms in total. The van der Waals surface area contributed by atoms with Crippen LogP contribution in [-0.2, 0) is 0 Å². The second kappa shape index (κ2) is 5.58. The van der Waals surface area contributed by atoms with Crippen molar-refractivity contribution >= 4 is 28.2 Å². The van der Waals surface area contributed by atoms with E-state index < -0.39 is 5.56 Å². The Bertz CT molecular complexity index is 1120. The Morgan fingerprint density at radius 1 is 1.12 bits per heavy atom. The monoisotopic (exact) mass is 338 g/mol. The Balaban J connectivity index is 1.97. The quantitative estimate of drug-likeness (QED) is 0.525. The van der Waals surface area contributed by atoms with Gasteiger partial charge in [0.05, 0.1) is 12.6 Å². The molecule has 118 valence electrons. The van der Waals surface area contributed by atoms with Crippen molar-refractivity contribution < 1.29 is 4.74 Å². The Morgan fingerprint density at radius 2 is 1.92 bits per heavy atom. The van der Waals surface area contributed by atoms with Crippen LogP contribution in [0.4, 0.5) is 0 Å². The van der Waals surface area contributed by atoms with Crippen LogP contribution in [0.1, 0.15) is 0 Å². The molecule has 0 radical (unpaired) electrons. The lowest BCUT2D eigenvalue weighted by Gasteiger charge is -2.06. The van der Waals surface area contributed by atoms with Gasteiger partial charge < -0.3 is 4.74 Å². The first kappa shape index (κ1) is 14.6. The van der Waals surface area contributed by atoms with Gasteiger partial charge in [0.25, 0.3) is 5.56 Å². The van der Waals surface area contributed by atoms with Gasteiger partial charge in [0.2, 0.25) is 0 Å². The fourth-order valence-corrected chi connectivity index (χ4v) is 2.68. The summed E-state index contributed by atoms with van der Waals surface area (Å²) in [5, 5.41) is 5.60. The molecule has 0 saturated carbocycles. The van der Waals surface area contributed by atoms with E-state index in [1.807, 2.05) is 0 Å². The van der Waals surface area contributed by atoms with E-state index in [1.54, 1.807) is 49.6 Å². The summed E-state index contributed by atoms with van der Waals surface area (Å²) in [6.45, 7) is 0. The van der Waals surface area contributed by atoms with E-state index in [4.69, 9.17) is 16.3 Å². The van der Waals surface area contributed by atoms with Gasteiger partial charge in [-0.1, -0.05) is 11.6 Å². The molecule has 0 bridgehead atoms. The van der Waals surface area contributed by atoms with Crippen LogP contribution in [0, 0.1) is 0 Å². The van der Waals surface area contributed by atoms with Gasteiger partial charge in [0.1, 0.15) is 12.1 Å². The number of ether oxygens (including phenoxy) is 1. The van der Waals surface area contributed by atoms with Crippen LogP contribution in [0.3, 0.4) is 0 Å². The van der Waals surface area contributed by atoms with Crippen LogP contribution in [0.5, 0.6) is 5.75 Å². The maximum absolute atomic E-state index is 12.4. The van der Waals surface area contributed by atoms with E-state index in [0.717, 1.165) is 0 Å². The molecule has 2 heterocycles. The normalized spacial score (nSPS) is 11.1. The standard InChI is InChI=1S/C17H11ClN4O2/c1-24-12-5-2-10(3-6-12)15-17(23)20-16-13-8-11(18)4-7-14(13)19-9-22(16)21-15/h2-9H,1H3. The number of rotatable bonds is 2. The summed E-state index contributed by atoms with van der Waals surface area (Å²) in [5.74, 6) is 0.704. The fraction of sp³-hybridized carbons (Fsp3) is 0.0588. The van der Waals surface area contributed by atoms with Gasteiger partial charge in [-0.05, 0) is 42.5 Å². The van der Waals surface area contributed by atoms with Crippen LogP contribution >= 0.6 is 11.6 Å². The predicted octanol–water partition coefficient (Wildman–Crippen LogP) is 2.97. The number of halogens is 1. The van der Waals surface area contributed by atoms with E-state index >= 15 is 0 Å². The number of benzene rings is 2. The summed E-state index contributed by atoms with van der Waals surface area (Å²) in [7, 11) is 1.58. The lowest BCUT2D eigenvalue weighted by Crippen LogP contribution is -2.16. The lowest BCUT2D eigenvalue weighted by molar-refractivity contribution is 0.415. The zero-order valence-corrected chi connectivity index (χ0v) is 13.4. The summed E-state index contributed by atoms with van der Waals surface area (Å²) in [4.78, 5) is 20.9. The maximum Gasteiger partial charge on any atom is 0.300 e. The van der Waals surface area contributed by atoms with E-state index in [2.05, 4.69) is 15.1 Å². The summed E-state index contributed by atoms with van der Waals surface area (Å²) >= 11 is 6.04. The highest BCUT2D eigenvalue weighted by atomic mass is 35.5. The van der Waals surface area contributed by atoms with Gasteiger partial charge in [-0.3, -0.25) is 4.79 Å². The van der Waals surface area contributed by atoms with Gasteiger partial charge in [0.15, 0.2) is 11.3 Å². The Hall–Kier alpha value is -2.99. The van der Waals surface area contributed by atoms with Crippen LogP contribution in [0.25, 0.3) is 27.8 Å². The molecule has 2 aromatic carbocycles. The van der Waals surface area contributed by atoms with Crippen molar-refractivity contribution in [1.29, 1.82) is 0 Å². The van der Waals surface area contributed by atoms with Crippen molar-refractivity contribution in [3.05, 3.63) is 64.2 Å². The maximum atomic E-state index is 12.4. The molecular weight excluding hydrogens is 328 g/mol. The largest absolute Gasteiger partial charge is 0.497 e. The van der Waals surface area contributed by atoms with Gasteiger partial charge in [-0.25, -0.2) is 9.50 Å². The first-order valence-corrected chi connectivity index (χ1v) is 7.53. The van der Waals surface area contributed by atoms with Crippen molar-refractivity contribution in [1.82, 2.24) is 19.6 Å². The van der Waals surface area contributed by atoms with Crippen molar-refractivity contribution in [2.45, 2.75) is 0 Å². The van der Waals surface area contributed by atoms with Crippen LogP contribution in [0.2, 0.25) is 5.02 Å². The highest BCUT2D eigenvalue weighted by Crippen LogP contribution is 2.21. The van der Waals surface area contributed by atoms with Crippen molar-refractivity contribution in [3.8, 4) is 17.0 Å². The number of hydrogen-bond donors (Lipinski definition) is 0. The minimum Gasteiger partial charge on any atom is -0.497 e. The summed E-state index contributed by atoms with van der Waals surface area (Å²) in [6.07, 6.45) is 1.53. The average molecular weight is 339 g/mol. The highest BCUT2D eigenvalue weighted by molar-refractivity contribution is 6.31. The molecule has 0 unspecified atom stereocenters. The van der Waals surface area contributed by atoms with Gasteiger partial charge in [-0.2, -0.15) is 10.1 Å². The molecule has 0 atom stereocenters. The van der Waals surface area contributed by atoms with Crippen molar-refractivity contribution in [2.24, 2.45) is 0 Å². The zero-order valence-electron chi connectivity index (χ0n) is 12.6. The molecule has 24 heavy (non-hydrogen) atoms. The van der Waals surface area contributed by atoms with Crippen molar-refractivity contribution in [2.75, 3.05) is 7.11 Å². The number of nitrogens with zero attached hydrogens (tertiary/aromatic N) is 4. The van der Waals surface area contributed by atoms with Crippen LogP contribution < -0.4 is 10.3 Å². The molecule has 4 aromatic rings. The second-order valence-electron chi connectivity index (χ2n) is 5.17. The third-order valence-corrected chi connectivity index (χ3v) is 3.94. The molecule has 0 amide bonds. The molecular formula is C17H11ClN4O2. The SMILES string of the molecule is COc1ccc(-c2nn3cnc4ccc(Cl)cc4c3nc2=O)cc1. The molecule has 2 aromatic heterocycles. The van der Waals surface area contributed by atoms with Crippen LogP contribution in [-0.4, -0.2) is 26.7 Å². The molecule has 7 heteroatoms. The Morgan fingerprint density at radius 3 is 2.67 bits per heavy atom.